The highest BCUT2D eigenvalue weighted by Crippen LogP contribution is 2.33. The second-order valence-electron chi connectivity index (χ2n) is 9.59. The Hall–Kier alpha value is -3.08. The minimum absolute atomic E-state index is 0.698. The predicted octanol–water partition coefficient (Wildman–Crippen LogP) is 6.56. The highest BCUT2D eigenvalue weighted by Gasteiger charge is 2.20. The first-order valence-corrected chi connectivity index (χ1v) is 12.6. The SMILES string of the molecule is c1ccc2c3c(ccc2c1)OCN(CCCCCCN1COc2ccc4ccccc4c2C1)C3. The minimum Gasteiger partial charge on any atom is -0.478 e. The lowest BCUT2D eigenvalue weighted by molar-refractivity contribution is 0.0907. The van der Waals surface area contributed by atoms with Gasteiger partial charge in [0.25, 0.3) is 0 Å². The average Bonchev–Trinajstić information content (AvgIpc) is 2.90. The second kappa shape index (κ2) is 9.65. The van der Waals surface area contributed by atoms with Crippen LogP contribution in [0.25, 0.3) is 21.5 Å². The summed E-state index contributed by atoms with van der Waals surface area (Å²) in [6, 6.07) is 25.8. The third-order valence-corrected chi connectivity index (χ3v) is 7.26. The summed E-state index contributed by atoms with van der Waals surface area (Å²) in [6.07, 6.45) is 4.95. The average molecular weight is 453 g/mol. The number of hydrogen-bond acceptors (Lipinski definition) is 4. The standard InChI is InChI=1S/C30H32N2O2/c1(7-17-31-19-27-25-11-5-3-9-23(25)13-15-29(27)33-21-31)2-8-18-32-20-28-26-12-6-4-10-24(26)14-16-30(28)34-22-32/h3-6,9-16H,1-2,7-8,17-22H2. The van der Waals surface area contributed by atoms with Gasteiger partial charge in [0.15, 0.2) is 0 Å². The Morgan fingerprint density at radius 1 is 0.529 bits per heavy atom. The van der Waals surface area contributed by atoms with Crippen LogP contribution in [0.1, 0.15) is 36.8 Å². The van der Waals surface area contributed by atoms with Crippen molar-refractivity contribution in [2.75, 3.05) is 26.6 Å². The molecule has 0 spiro atoms. The Bertz CT molecular complexity index is 1200. The van der Waals surface area contributed by atoms with Crippen molar-refractivity contribution in [1.82, 2.24) is 9.80 Å². The summed E-state index contributed by atoms with van der Waals surface area (Å²) in [5.74, 6) is 2.10. The van der Waals surface area contributed by atoms with E-state index in [1.807, 2.05) is 0 Å². The molecule has 0 radical (unpaired) electrons. The van der Waals surface area contributed by atoms with Crippen molar-refractivity contribution in [2.24, 2.45) is 0 Å². The van der Waals surface area contributed by atoms with Crippen LogP contribution in [0.5, 0.6) is 11.5 Å². The topological polar surface area (TPSA) is 24.9 Å². The second-order valence-corrected chi connectivity index (χ2v) is 9.59. The molecule has 0 atom stereocenters. The van der Waals surface area contributed by atoms with Gasteiger partial charge in [0, 0.05) is 37.3 Å². The Morgan fingerprint density at radius 3 is 1.50 bits per heavy atom. The molecule has 4 heteroatoms. The fraction of sp³-hybridized carbons (Fsp3) is 0.333. The molecule has 2 heterocycles. The number of fused-ring (bicyclic) bond motifs is 6. The maximum Gasteiger partial charge on any atom is 0.142 e. The van der Waals surface area contributed by atoms with E-state index >= 15 is 0 Å². The molecule has 2 aliphatic rings. The zero-order chi connectivity index (χ0) is 22.7. The molecule has 0 fully saturated rings. The Balaban J connectivity index is 0.960. The molecule has 0 unspecified atom stereocenters. The first-order chi connectivity index (χ1) is 16.8. The van der Waals surface area contributed by atoms with Crippen LogP contribution in [-0.2, 0) is 13.1 Å². The number of hydrogen-bond donors (Lipinski definition) is 0. The number of nitrogens with zero attached hydrogens (tertiary/aromatic N) is 2. The van der Waals surface area contributed by atoms with Gasteiger partial charge >= 0.3 is 0 Å². The molecule has 0 amide bonds. The molecule has 2 aliphatic heterocycles. The lowest BCUT2D eigenvalue weighted by atomic mass is 10.0. The van der Waals surface area contributed by atoms with E-state index in [1.165, 1.54) is 58.4 Å². The van der Waals surface area contributed by atoms with Crippen LogP contribution in [0.4, 0.5) is 0 Å². The molecule has 0 bridgehead atoms. The van der Waals surface area contributed by atoms with Gasteiger partial charge in [-0.05, 0) is 46.5 Å². The first-order valence-electron chi connectivity index (χ1n) is 12.6. The van der Waals surface area contributed by atoms with Crippen LogP contribution < -0.4 is 9.47 Å². The van der Waals surface area contributed by atoms with Gasteiger partial charge in [-0.2, -0.15) is 0 Å². The molecule has 0 aliphatic carbocycles. The van der Waals surface area contributed by atoms with E-state index in [0.29, 0.717) is 13.5 Å². The van der Waals surface area contributed by atoms with Crippen molar-refractivity contribution < 1.29 is 9.47 Å². The van der Waals surface area contributed by atoms with Crippen molar-refractivity contribution in [3.05, 3.63) is 83.9 Å². The van der Waals surface area contributed by atoms with Gasteiger partial charge in [-0.3, -0.25) is 9.80 Å². The van der Waals surface area contributed by atoms with Gasteiger partial charge in [-0.15, -0.1) is 0 Å². The van der Waals surface area contributed by atoms with E-state index in [1.54, 1.807) is 0 Å². The smallest absolute Gasteiger partial charge is 0.142 e. The van der Waals surface area contributed by atoms with Crippen molar-refractivity contribution in [2.45, 2.75) is 38.8 Å². The molecule has 0 N–H and O–H groups in total. The van der Waals surface area contributed by atoms with Gasteiger partial charge in [0.1, 0.15) is 25.0 Å². The normalized spacial score (nSPS) is 16.1. The molecule has 0 aromatic heterocycles. The number of ether oxygens (including phenoxy) is 2. The highest BCUT2D eigenvalue weighted by molar-refractivity contribution is 5.88. The third-order valence-electron chi connectivity index (χ3n) is 7.26. The predicted molar refractivity (Wildman–Crippen MR) is 138 cm³/mol. The van der Waals surface area contributed by atoms with Crippen molar-refractivity contribution in [3.63, 3.8) is 0 Å². The van der Waals surface area contributed by atoms with Crippen LogP contribution >= 0.6 is 0 Å². The Kier molecular flexibility index (Phi) is 6.09. The van der Waals surface area contributed by atoms with E-state index in [4.69, 9.17) is 9.47 Å². The van der Waals surface area contributed by atoms with Crippen molar-refractivity contribution in [1.29, 1.82) is 0 Å². The van der Waals surface area contributed by atoms with Gasteiger partial charge in [0.2, 0.25) is 0 Å². The highest BCUT2D eigenvalue weighted by atomic mass is 16.5. The molecule has 6 rings (SSSR count). The number of benzene rings is 4. The summed E-state index contributed by atoms with van der Waals surface area (Å²) >= 11 is 0. The zero-order valence-corrected chi connectivity index (χ0v) is 19.7. The summed E-state index contributed by atoms with van der Waals surface area (Å²) < 4.78 is 12.1. The van der Waals surface area contributed by atoms with Crippen LogP contribution in [0.3, 0.4) is 0 Å². The minimum atomic E-state index is 0.698. The number of unbranched alkanes of at least 4 members (excludes halogenated alkanes) is 3. The van der Waals surface area contributed by atoms with Crippen LogP contribution in [0.2, 0.25) is 0 Å². The van der Waals surface area contributed by atoms with Crippen LogP contribution in [0, 0.1) is 0 Å². The van der Waals surface area contributed by atoms with E-state index < -0.39 is 0 Å². The van der Waals surface area contributed by atoms with Gasteiger partial charge in [-0.1, -0.05) is 73.5 Å². The molecule has 174 valence electrons. The molecular weight excluding hydrogens is 420 g/mol. The summed E-state index contributed by atoms with van der Waals surface area (Å²) in [5.41, 5.74) is 2.67. The molecule has 0 saturated heterocycles. The lowest BCUT2D eigenvalue weighted by Gasteiger charge is -2.30. The van der Waals surface area contributed by atoms with Crippen molar-refractivity contribution >= 4 is 21.5 Å². The number of rotatable bonds is 7. The summed E-state index contributed by atoms with van der Waals surface area (Å²) in [5, 5.41) is 5.23. The molecule has 4 aromatic rings. The van der Waals surface area contributed by atoms with Crippen LogP contribution in [-0.4, -0.2) is 36.4 Å². The first kappa shape index (κ1) is 21.5. The summed E-state index contributed by atoms with van der Waals surface area (Å²) in [7, 11) is 0. The van der Waals surface area contributed by atoms with Crippen LogP contribution in [0.15, 0.2) is 72.8 Å². The molecule has 34 heavy (non-hydrogen) atoms. The summed E-state index contributed by atoms with van der Waals surface area (Å²) in [4.78, 5) is 4.88. The van der Waals surface area contributed by atoms with E-state index in [0.717, 1.165) is 37.7 Å². The molecule has 4 nitrogen and oxygen atoms in total. The summed E-state index contributed by atoms with van der Waals surface area (Å²) in [6.45, 7) is 5.54. The van der Waals surface area contributed by atoms with Gasteiger partial charge in [0.05, 0.1) is 0 Å². The molecular formula is C30H32N2O2. The monoisotopic (exact) mass is 452 g/mol. The maximum absolute atomic E-state index is 6.07. The van der Waals surface area contributed by atoms with E-state index in [2.05, 4.69) is 82.6 Å². The third kappa shape index (κ3) is 4.36. The van der Waals surface area contributed by atoms with E-state index in [9.17, 15) is 0 Å². The fourth-order valence-electron chi connectivity index (χ4n) is 5.40. The van der Waals surface area contributed by atoms with Crippen molar-refractivity contribution in [3.8, 4) is 11.5 Å². The quantitative estimate of drug-likeness (QED) is 0.297. The lowest BCUT2D eigenvalue weighted by Crippen LogP contribution is -2.33. The zero-order valence-electron chi connectivity index (χ0n) is 19.7. The van der Waals surface area contributed by atoms with Gasteiger partial charge in [-0.25, -0.2) is 0 Å². The Morgan fingerprint density at radius 2 is 1.00 bits per heavy atom. The molecule has 0 saturated carbocycles. The molecule has 4 aromatic carbocycles. The maximum atomic E-state index is 6.07. The largest absolute Gasteiger partial charge is 0.478 e. The fourth-order valence-corrected chi connectivity index (χ4v) is 5.40. The van der Waals surface area contributed by atoms with E-state index in [-0.39, 0.29) is 0 Å². The van der Waals surface area contributed by atoms with Gasteiger partial charge < -0.3 is 9.47 Å². The Labute approximate surface area is 201 Å².